The van der Waals surface area contributed by atoms with Crippen molar-refractivity contribution in [2.75, 3.05) is 0 Å². The Balaban J connectivity index is 4.14. The summed E-state index contributed by atoms with van der Waals surface area (Å²) >= 11 is 0. The van der Waals surface area contributed by atoms with Gasteiger partial charge in [0.2, 0.25) is 0 Å². The molecule has 0 aromatic rings. The fourth-order valence-corrected chi connectivity index (χ4v) is 1.30. The van der Waals surface area contributed by atoms with Crippen molar-refractivity contribution in [3.63, 3.8) is 0 Å². The van der Waals surface area contributed by atoms with Crippen molar-refractivity contribution in [1.82, 2.24) is 0 Å². The lowest BCUT2D eigenvalue weighted by atomic mass is 10.1. The largest absolute Gasteiger partial charge is 0.478 e. The van der Waals surface area contributed by atoms with E-state index in [9.17, 15) is 4.79 Å². The molecular formula is C14H22O2. The SMILES string of the molecule is C/C=C(\CC=C(C)CCC=C(C)C)C(=O)O. The van der Waals surface area contributed by atoms with Crippen molar-refractivity contribution in [3.8, 4) is 0 Å². The van der Waals surface area contributed by atoms with Gasteiger partial charge in [-0.25, -0.2) is 4.79 Å². The molecule has 0 unspecified atom stereocenters. The molecule has 0 amide bonds. The van der Waals surface area contributed by atoms with Gasteiger partial charge in [0.15, 0.2) is 0 Å². The van der Waals surface area contributed by atoms with Gasteiger partial charge in [-0.3, -0.25) is 0 Å². The highest BCUT2D eigenvalue weighted by Crippen LogP contribution is 2.11. The van der Waals surface area contributed by atoms with Crippen molar-refractivity contribution in [2.45, 2.75) is 47.0 Å². The highest BCUT2D eigenvalue weighted by atomic mass is 16.4. The molecule has 2 heteroatoms. The summed E-state index contributed by atoms with van der Waals surface area (Å²) in [5.41, 5.74) is 3.03. The maximum Gasteiger partial charge on any atom is 0.331 e. The zero-order valence-corrected chi connectivity index (χ0v) is 10.7. The van der Waals surface area contributed by atoms with E-state index in [0.29, 0.717) is 12.0 Å². The minimum absolute atomic E-state index is 0.460. The van der Waals surface area contributed by atoms with E-state index >= 15 is 0 Å². The van der Waals surface area contributed by atoms with Crippen LogP contribution in [0.5, 0.6) is 0 Å². The maximum absolute atomic E-state index is 10.7. The average Bonchev–Trinajstić information content (AvgIpc) is 2.17. The van der Waals surface area contributed by atoms with Crippen LogP contribution in [0.4, 0.5) is 0 Å². The number of carboxylic acids is 1. The molecule has 0 rings (SSSR count). The van der Waals surface area contributed by atoms with E-state index in [1.165, 1.54) is 11.1 Å². The summed E-state index contributed by atoms with van der Waals surface area (Å²) in [5, 5.41) is 8.83. The van der Waals surface area contributed by atoms with Gasteiger partial charge in [0, 0.05) is 5.57 Å². The molecule has 0 radical (unpaired) electrons. The van der Waals surface area contributed by atoms with Gasteiger partial charge in [-0.2, -0.15) is 0 Å². The Morgan fingerprint density at radius 2 is 1.81 bits per heavy atom. The minimum Gasteiger partial charge on any atom is -0.478 e. The predicted molar refractivity (Wildman–Crippen MR) is 68.4 cm³/mol. The van der Waals surface area contributed by atoms with Gasteiger partial charge in [0.05, 0.1) is 0 Å². The van der Waals surface area contributed by atoms with E-state index in [1.807, 2.05) is 13.0 Å². The normalized spacial score (nSPS) is 12.5. The second-order valence-corrected chi connectivity index (χ2v) is 4.19. The van der Waals surface area contributed by atoms with Crippen LogP contribution in [-0.4, -0.2) is 11.1 Å². The van der Waals surface area contributed by atoms with Crippen molar-refractivity contribution in [3.05, 3.63) is 34.9 Å². The van der Waals surface area contributed by atoms with E-state index in [-0.39, 0.29) is 0 Å². The summed E-state index contributed by atoms with van der Waals surface area (Å²) in [6.07, 6.45) is 8.41. The molecule has 2 nitrogen and oxygen atoms in total. The molecule has 1 N–H and O–H groups in total. The van der Waals surface area contributed by atoms with E-state index in [4.69, 9.17) is 5.11 Å². The summed E-state index contributed by atoms with van der Waals surface area (Å²) in [6, 6.07) is 0. The lowest BCUT2D eigenvalue weighted by molar-refractivity contribution is -0.132. The summed E-state index contributed by atoms with van der Waals surface area (Å²) in [4.78, 5) is 10.7. The second kappa shape index (κ2) is 7.91. The zero-order valence-electron chi connectivity index (χ0n) is 10.7. The van der Waals surface area contributed by atoms with Gasteiger partial charge in [0.25, 0.3) is 0 Å². The van der Waals surface area contributed by atoms with Crippen LogP contribution in [0.25, 0.3) is 0 Å². The summed E-state index contributed by atoms with van der Waals surface area (Å²) in [5.74, 6) is -0.823. The van der Waals surface area contributed by atoms with Crippen molar-refractivity contribution in [2.24, 2.45) is 0 Å². The molecule has 0 saturated heterocycles. The molecule has 16 heavy (non-hydrogen) atoms. The number of allylic oxidation sites excluding steroid dienone is 5. The van der Waals surface area contributed by atoms with Crippen LogP contribution < -0.4 is 0 Å². The van der Waals surface area contributed by atoms with Gasteiger partial charge in [0.1, 0.15) is 0 Å². The Morgan fingerprint density at radius 1 is 1.19 bits per heavy atom. The Labute approximate surface area is 98.4 Å². The Hall–Kier alpha value is -1.31. The van der Waals surface area contributed by atoms with Crippen LogP contribution in [0, 0.1) is 0 Å². The molecule has 0 aliphatic rings. The number of carboxylic acid groups (broad SMARTS) is 1. The maximum atomic E-state index is 10.7. The number of aliphatic carboxylic acids is 1. The van der Waals surface area contributed by atoms with E-state index in [2.05, 4.69) is 19.9 Å². The molecule has 0 bridgehead atoms. The highest BCUT2D eigenvalue weighted by molar-refractivity contribution is 5.86. The number of rotatable bonds is 6. The third-order valence-electron chi connectivity index (χ3n) is 2.38. The molecule has 0 fully saturated rings. The summed E-state index contributed by atoms with van der Waals surface area (Å²) in [7, 11) is 0. The van der Waals surface area contributed by atoms with Gasteiger partial charge in [-0.15, -0.1) is 0 Å². The Kier molecular flexibility index (Phi) is 7.27. The summed E-state index contributed by atoms with van der Waals surface area (Å²) < 4.78 is 0. The molecule has 0 aromatic heterocycles. The molecule has 0 heterocycles. The van der Waals surface area contributed by atoms with Crippen LogP contribution in [0.2, 0.25) is 0 Å². The molecule has 90 valence electrons. The van der Waals surface area contributed by atoms with Gasteiger partial charge in [-0.1, -0.05) is 29.4 Å². The molecule has 0 atom stereocenters. The van der Waals surface area contributed by atoms with E-state index in [0.717, 1.165) is 12.8 Å². The Bertz CT molecular complexity index is 316. The highest BCUT2D eigenvalue weighted by Gasteiger charge is 2.02. The van der Waals surface area contributed by atoms with Gasteiger partial charge < -0.3 is 5.11 Å². The Morgan fingerprint density at radius 3 is 2.25 bits per heavy atom. The zero-order chi connectivity index (χ0) is 12.6. The first-order valence-corrected chi connectivity index (χ1v) is 5.64. The molecule has 0 aliphatic carbocycles. The van der Waals surface area contributed by atoms with Gasteiger partial charge >= 0.3 is 5.97 Å². The van der Waals surface area contributed by atoms with Crippen LogP contribution in [-0.2, 0) is 4.79 Å². The topological polar surface area (TPSA) is 37.3 Å². The van der Waals surface area contributed by atoms with Crippen molar-refractivity contribution >= 4 is 5.97 Å². The fourth-order valence-electron chi connectivity index (χ4n) is 1.30. The molecule has 0 spiro atoms. The molecule has 0 aliphatic heterocycles. The first-order valence-electron chi connectivity index (χ1n) is 5.64. The smallest absolute Gasteiger partial charge is 0.331 e. The number of hydrogen-bond acceptors (Lipinski definition) is 1. The van der Waals surface area contributed by atoms with Crippen LogP contribution in [0.3, 0.4) is 0 Å². The monoisotopic (exact) mass is 222 g/mol. The van der Waals surface area contributed by atoms with Crippen LogP contribution in [0.1, 0.15) is 47.0 Å². The van der Waals surface area contributed by atoms with E-state index < -0.39 is 5.97 Å². The van der Waals surface area contributed by atoms with Crippen LogP contribution >= 0.6 is 0 Å². The molecular weight excluding hydrogens is 200 g/mol. The summed E-state index contributed by atoms with van der Waals surface area (Å²) in [6.45, 7) is 7.98. The van der Waals surface area contributed by atoms with E-state index in [1.54, 1.807) is 13.0 Å². The lowest BCUT2D eigenvalue weighted by Gasteiger charge is -2.00. The number of carbonyl (C=O) groups is 1. The number of hydrogen-bond donors (Lipinski definition) is 1. The first-order chi connectivity index (χ1) is 7.47. The van der Waals surface area contributed by atoms with Crippen LogP contribution in [0.15, 0.2) is 34.9 Å². The van der Waals surface area contributed by atoms with Crippen molar-refractivity contribution in [1.29, 1.82) is 0 Å². The van der Waals surface area contributed by atoms with Crippen molar-refractivity contribution < 1.29 is 9.90 Å². The predicted octanol–water partition coefficient (Wildman–Crippen LogP) is 4.10. The third kappa shape index (κ3) is 7.04. The second-order valence-electron chi connectivity index (χ2n) is 4.19. The standard InChI is InChI=1S/C14H22O2/c1-5-13(14(15)16)10-9-12(4)8-6-7-11(2)3/h5,7,9H,6,8,10H2,1-4H3,(H,15,16)/b12-9?,13-5+. The lowest BCUT2D eigenvalue weighted by Crippen LogP contribution is -1.98. The molecule has 0 aromatic carbocycles. The first kappa shape index (κ1) is 14.7. The van der Waals surface area contributed by atoms with Gasteiger partial charge in [-0.05, 0) is 47.0 Å². The third-order valence-corrected chi connectivity index (χ3v) is 2.38. The quantitative estimate of drug-likeness (QED) is 0.542. The minimum atomic E-state index is -0.823. The molecule has 0 saturated carbocycles. The fraction of sp³-hybridized carbons (Fsp3) is 0.500. The average molecular weight is 222 g/mol.